The molecule has 0 bridgehead atoms. The lowest BCUT2D eigenvalue weighted by Crippen LogP contribution is -2.38. The first-order valence-corrected chi connectivity index (χ1v) is 10.8. The van der Waals surface area contributed by atoms with Crippen LogP contribution in [0.25, 0.3) is 0 Å². The molecule has 2 aromatic heterocycles. The second-order valence-electron chi connectivity index (χ2n) is 7.93. The Morgan fingerprint density at radius 3 is 2.62 bits per heavy atom. The summed E-state index contributed by atoms with van der Waals surface area (Å²) in [5.74, 6) is 1.28. The Kier molecular flexibility index (Phi) is 7.01. The predicted octanol–water partition coefficient (Wildman–Crippen LogP) is 3.97. The summed E-state index contributed by atoms with van der Waals surface area (Å²) < 4.78 is 13.0. The minimum Gasteiger partial charge on any atom is -0.388 e. The normalized spacial score (nSPS) is 15.4. The van der Waals surface area contributed by atoms with Gasteiger partial charge in [0.15, 0.2) is 0 Å². The fourth-order valence-corrected chi connectivity index (χ4v) is 3.90. The molecule has 7 nitrogen and oxygen atoms in total. The quantitative estimate of drug-likeness (QED) is 0.584. The van der Waals surface area contributed by atoms with Crippen LogP contribution in [0.1, 0.15) is 49.0 Å². The SMILES string of the molecule is O=C(CC[C@@H](O)c1ccc(F)cc1)N1CCC(c2cncc(Nc3ccccn3)n2)CC1. The molecule has 4 rings (SSSR count). The minimum atomic E-state index is -0.776. The number of benzene rings is 1. The number of amides is 1. The average molecular weight is 436 g/mol. The maximum atomic E-state index is 13.0. The standard InChI is InChI=1S/C24H26FN5O2/c25-19-6-4-18(5-7-19)21(31)8-9-24(32)30-13-10-17(11-14-30)20-15-26-16-23(28-20)29-22-3-1-2-12-27-22/h1-7,12,15-17,21,31H,8-11,13-14H2,(H,27,28,29)/t21-/m1/s1. The number of nitrogens with one attached hydrogen (secondary N) is 1. The highest BCUT2D eigenvalue weighted by molar-refractivity contribution is 5.76. The van der Waals surface area contributed by atoms with Gasteiger partial charge in [-0.2, -0.15) is 0 Å². The van der Waals surface area contributed by atoms with Gasteiger partial charge in [0, 0.05) is 37.8 Å². The zero-order chi connectivity index (χ0) is 22.3. The predicted molar refractivity (Wildman–Crippen MR) is 119 cm³/mol. The van der Waals surface area contributed by atoms with Gasteiger partial charge in [-0.25, -0.2) is 14.4 Å². The van der Waals surface area contributed by atoms with Crippen molar-refractivity contribution in [1.82, 2.24) is 19.9 Å². The van der Waals surface area contributed by atoms with Crippen LogP contribution in [0.15, 0.2) is 61.1 Å². The molecule has 1 aliphatic rings. The minimum absolute atomic E-state index is 0.0289. The number of aliphatic hydroxyl groups is 1. The zero-order valence-corrected chi connectivity index (χ0v) is 17.7. The summed E-state index contributed by atoms with van der Waals surface area (Å²) in [6.45, 7) is 1.30. The fourth-order valence-electron chi connectivity index (χ4n) is 3.90. The van der Waals surface area contributed by atoms with Crippen LogP contribution in [0.4, 0.5) is 16.0 Å². The van der Waals surface area contributed by atoms with E-state index in [1.54, 1.807) is 30.7 Å². The van der Waals surface area contributed by atoms with Gasteiger partial charge in [0.1, 0.15) is 17.5 Å². The number of likely N-dealkylation sites (tertiary alicyclic amines) is 1. The van der Waals surface area contributed by atoms with E-state index < -0.39 is 6.10 Å². The van der Waals surface area contributed by atoms with Crippen molar-refractivity contribution in [3.05, 3.63) is 78.1 Å². The summed E-state index contributed by atoms with van der Waals surface area (Å²) in [5.41, 5.74) is 1.53. The maximum absolute atomic E-state index is 13.0. The molecule has 166 valence electrons. The fraction of sp³-hybridized carbons (Fsp3) is 0.333. The molecule has 3 aromatic rings. The second-order valence-corrected chi connectivity index (χ2v) is 7.93. The van der Waals surface area contributed by atoms with Gasteiger partial charge in [-0.15, -0.1) is 0 Å². The summed E-state index contributed by atoms with van der Waals surface area (Å²) in [6, 6.07) is 11.3. The number of anilines is 2. The number of halogens is 1. The van der Waals surface area contributed by atoms with E-state index >= 15 is 0 Å². The third-order valence-electron chi connectivity index (χ3n) is 5.73. The van der Waals surface area contributed by atoms with Crippen molar-refractivity contribution in [2.45, 2.75) is 37.7 Å². The molecule has 1 aliphatic heterocycles. The first-order valence-electron chi connectivity index (χ1n) is 10.8. The molecule has 1 atom stereocenters. The van der Waals surface area contributed by atoms with Crippen molar-refractivity contribution in [3.8, 4) is 0 Å². The van der Waals surface area contributed by atoms with E-state index in [9.17, 15) is 14.3 Å². The number of aliphatic hydroxyl groups excluding tert-OH is 1. The molecule has 2 N–H and O–H groups in total. The van der Waals surface area contributed by atoms with Crippen LogP contribution in [0.2, 0.25) is 0 Å². The van der Waals surface area contributed by atoms with Gasteiger partial charge in [-0.1, -0.05) is 18.2 Å². The molecule has 0 unspecified atom stereocenters. The van der Waals surface area contributed by atoms with E-state index in [0.717, 1.165) is 18.5 Å². The molecule has 32 heavy (non-hydrogen) atoms. The Morgan fingerprint density at radius 1 is 1.12 bits per heavy atom. The molecule has 8 heteroatoms. The van der Waals surface area contributed by atoms with Crippen LogP contribution >= 0.6 is 0 Å². The van der Waals surface area contributed by atoms with E-state index in [4.69, 9.17) is 0 Å². The smallest absolute Gasteiger partial charge is 0.222 e. The van der Waals surface area contributed by atoms with Gasteiger partial charge in [0.25, 0.3) is 0 Å². The molecule has 0 radical (unpaired) electrons. The summed E-state index contributed by atoms with van der Waals surface area (Å²) >= 11 is 0. The third-order valence-corrected chi connectivity index (χ3v) is 5.73. The Labute approximate surface area is 186 Å². The van der Waals surface area contributed by atoms with Crippen LogP contribution in [-0.4, -0.2) is 44.0 Å². The van der Waals surface area contributed by atoms with E-state index in [1.807, 2.05) is 23.1 Å². The number of rotatable bonds is 7. The molecular formula is C24H26FN5O2. The van der Waals surface area contributed by atoms with E-state index in [1.165, 1.54) is 12.1 Å². The van der Waals surface area contributed by atoms with Crippen LogP contribution in [-0.2, 0) is 4.79 Å². The topological polar surface area (TPSA) is 91.2 Å². The lowest BCUT2D eigenvalue weighted by molar-refractivity contribution is -0.132. The molecule has 0 saturated carbocycles. The Bertz CT molecular complexity index is 1020. The van der Waals surface area contributed by atoms with Gasteiger partial charge < -0.3 is 15.3 Å². The van der Waals surface area contributed by atoms with E-state index in [0.29, 0.717) is 36.7 Å². The highest BCUT2D eigenvalue weighted by atomic mass is 19.1. The van der Waals surface area contributed by atoms with Crippen molar-refractivity contribution in [3.63, 3.8) is 0 Å². The molecule has 3 heterocycles. The second kappa shape index (κ2) is 10.3. The van der Waals surface area contributed by atoms with Crippen molar-refractivity contribution in [2.75, 3.05) is 18.4 Å². The largest absolute Gasteiger partial charge is 0.388 e. The van der Waals surface area contributed by atoms with Gasteiger partial charge in [0.2, 0.25) is 5.91 Å². The Morgan fingerprint density at radius 2 is 1.91 bits per heavy atom. The first-order chi connectivity index (χ1) is 15.6. The molecule has 0 spiro atoms. The number of carbonyl (C=O) groups is 1. The Balaban J connectivity index is 1.27. The average Bonchev–Trinajstić information content (AvgIpc) is 2.84. The van der Waals surface area contributed by atoms with Crippen molar-refractivity contribution in [2.24, 2.45) is 0 Å². The molecule has 1 fully saturated rings. The summed E-state index contributed by atoms with van der Waals surface area (Å²) in [6.07, 6.45) is 6.59. The number of piperidine rings is 1. The highest BCUT2D eigenvalue weighted by Crippen LogP contribution is 2.28. The number of hydrogen-bond acceptors (Lipinski definition) is 6. The highest BCUT2D eigenvalue weighted by Gasteiger charge is 2.25. The van der Waals surface area contributed by atoms with Crippen LogP contribution in [0.3, 0.4) is 0 Å². The number of nitrogens with zero attached hydrogens (tertiary/aromatic N) is 4. The van der Waals surface area contributed by atoms with Crippen molar-refractivity contribution < 1.29 is 14.3 Å². The number of pyridine rings is 1. The van der Waals surface area contributed by atoms with Crippen LogP contribution < -0.4 is 5.32 Å². The first kappa shape index (κ1) is 21.8. The summed E-state index contributed by atoms with van der Waals surface area (Å²) in [7, 11) is 0. The molecule has 1 amide bonds. The lowest BCUT2D eigenvalue weighted by Gasteiger charge is -2.32. The van der Waals surface area contributed by atoms with Crippen LogP contribution in [0.5, 0.6) is 0 Å². The molecule has 0 aliphatic carbocycles. The molecular weight excluding hydrogens is 409 g/mol. The van der Waals surface area contributed by atoms with Crippen molar-refractivity contribution in [1.29, 1.82) is 0 Å². The van der Waals surface area contributed by atoms with E-state index in [-0.39, 0.29) is 24.1 Å². The maximum Gasteiger partial charge on any atom is 0.222 e. The zero-order valence-electron chi connectivity index (χ0n) is 17.7. The Hall–Kier alpha value is -3.39. The van der Waals surface area contributed by atoms with Gasteiger partial charge in [0.05, 0.1) is 18.0 Å². The van der Waals surface area contributed by atoms with Gasteiger partial charge in [-0.05, 0) is 49.1 Å². The summed E-state index contributed by atoms with van der Waals surface area (Å²) in [5, 5.41) is 13.4. The number of hydrogen-bond donors (Lipinski definition) is 2. The summed E-state index contributed by atoms with van der Waals surface area (Å²) in [4.78, 5) is 27.7. The van der Waals surface area contributed by atoms with Gasteiger partial charge in [-0.3, -0.25) is 9.78 Å². The van der Waals surface area contributed by atoms with Crippen LogP contribution in [0, 0.1) is 5.82 Å². The molecule has 1 saturated heterocycles. The van der Waals surface area contributed by atoms with E-state index in [2.05, 4.69) is 20.3 Å². The monoisotopic (exact) mass is 435 g/mol. The number of carbonyl (C=O) groups excluding carboxylic acids is 1. The number of aromatic nitrogens is 3. The van der Waals surface area contributed by atoms with Crippen molar-refractivity contribution >= 4 is 17.5 Å². The lowest BCUT2D eigenvalue weighted by atomic mass is 9.93. The third kappa shape index (κ3) is 5.64. The van der Waals surface area contributed by atoms with Gasteiger partial charge >= 0.3 is 0 Å². The molecule has 1 aromatic carbocycles.